The fourth-order valence-corrected chi connectivity index (χ4v) is 2.26. The molecule has 1 aliphatic heterocycles. The molecular weight excluding hydrogens is 252 g/mol. The van der Waals surface area contributed by atoms with Crippen molar-refractivity contribution in [2.45, 2.75) is 6.92 Å². The van der Waals surface area contributed by atoms with E-state index in [0.29, 0.717) is 0 Å². The summed E-state index contributed by atoms with van der Waals surface area (Å²) in [6.45, 7) is 2.33. The number of benzene rings is 2. The van der Waals surface area contributed by atoms with Crippen molar-refractivity contribution in [1.82, 2.24) is 9.97 Å². The third-order valence-corrected chi connectivity index (χ3v) is 3.38. The molecule has 2 aromatic carbocycles. The molecule has 0 spiro atoms. The highest BCUT2D eigenvalue weighted by Gasteiger charge is 2.15. The van der Waals surface area contributed by atoms with Crippen molar-refractivity contribution in [2.75, 3.05) is 6.79 Å². The van der Waals surface area contributed by atoms with Crippen LogP contribution in [0.2, 0.25) is 0 Å². The number of hydrogen-bond acceptors (Lipinski definition) is 4. The second kappa shape index (κ2) is 4.20. The van der Waals surface area contributed by atoms with Crippen LogP contribution in [-0.2, 0) is 0 Å². The molecule has 98 valence electrons. The van der Waals surface area contributed by atoms with Crippen molar-refractivity contribution in [3.8, 4) is 22.9 Å². The minimum atomic E-state index is 0.268. The molecule has 1 aromatic heterocycles. The predicted molar refractivity (Wildman–Crippen MR) is 75.8 cm³/mol. The maximum atomic E-state index is 5.39. The molecule has 0 fully saturated rings. The van der Waals surface area contributed by atoms with Gasteiger partial charge >= 0.3 is 0 Å². The summed E-state index contributed by atoms with van der Waals surface area (Å²) >= 11 is 0. The van der Waals surface area contributed by atoms with E-state index >= 15 is 0 Å². The first-order chi connectivity index (χ1) is 9.79. The van der Waals surface area contributed by atoms with Crippen LogP contribution in [0, 0.1) is 6.92 Å². The number of nitrogens with zero attached hydrogens (tertiary/aromatic N) is 2. The quantitative estimate of drug-likeness (QED) is 0.676. The molecule has 1 aliphatic rings. The maximum Gasteiger partial charge on any atom is 0.231 e. The van der Waals surface area contributed by atoms with Gasteiger partial charge in [-0.05, 0) is 13.0 Å². The van der Waals surface area contributed by atoms with Gasteiger partial charge in [0.05, 0.1) is 5.52 Å². The number of aromatic nitrogens is 2. The van der Waals surface area contributed by atoms with Crippen LogP contribution < -0.4 is 9.47 Å². The van der Waals surface area contributed by atoms with Crippen LogP contribution in [0.15, 0.2) is 42.6 Å². The van der Waals surface area contributed by atoms with Crippen molar-refractivity contribution in [1.29, 1.82) is 0 Å². The van der Waals surface area contributed by atoms with E-state index in [-0.39, 0.29) is 6.79 Å². The lowest BCUT2D eigenvalue weighted by atomic mass is 10.1. The van der Waals surface area contributed by atoms with Gasteiger partial charge in [-0.1, -0.05) is 29.8 Å². The van der Waals surface area contributed by atoms with E-state index in [9.17, 15) is 0 Å². The van der Waals surface area contributed by atoms with Gasteiger partial charge in [0, 0.05) is 23.2 Å². The Labute approximate surface area is 116 Å². The highest BCUT2D eigenvalue weighted by atomic mass is 16.7. The first-order valence-corrected chi connectivity index (χ1v) is 6.43. The van der Waals surface area contributed by atoms with Crippen molar-refractivity contribution >= 4 is 10.9 Å². The number of ether oxygens (including phenoxy) is 2. The van der Waals surface area contributed by atoms with Gasteiger partial charge < -0.3 is 9.47 Å². The van der Waals surface area contributed by atoms with Gasteiger partial charge in [0.15, 0.2) is 17.3 Å². The summed E-state index contributed by atoms with van der Waals surface area (Å²) < 4.78 is 10.7. The van der Waals surface area contributed by atoms with Crippen LogP contribution in [-0.4, -0.2) is 16.8 Å². The van der Waals surface area contributed by atoms with E-state index in [4.69, 9.17) is 9.47 Å². The molecule has 20 heavy (non-hydrogen) atoms. The zero-order valence-electron chi connectivity index (χ0n) is 11.0. The zero-order valence-corrected chi connectivity index (χ0v) is 11.0. The van der Waals surface area contributed by atoms with Gasteiger partial charge in [-0.2, -0.15) is 0 Å². The Balaban J connectivity index is 1.86. The molecule has 4 nitrogen and oxygen atoms in total. The second-order valence-electron chi connectivity index (χ2n) is 4.82. The molecule has 0 amide bonds. The van der Waals surface area contributed by atoms with Crippen LogP contribution in [0.1, 0.15) is 5.56 Å². The molecule has 0 aliphatic carbocycles. The molecule has 4 heteroatoms. The predicted octanol–water partition coefficient (Wildman–Crippen LogP) is 3.33. The number of rotatable bonds is 1. The molecule has 0 saturated heterocycles. The van der Waals surface area contributed by atoms with Crippen LogP contribution in [0.3, 0.4) is 0 Å². The maximum absolute atomic E-state index is 5.39. The molecule has 0 radical (unpaired) electrons. The van der Waals surface area contributed by atoms with E-state index in [1.807, 2.05) is 30.5 Å². The van der Waals surface area contributed by atoms with Gasteiger partial charge in [-0.3, -0.25) is 0 Å². The van der Waals surface area contributed by atoms with Crippen LogP contribution in [0.5, 0.6) is 11.5 Å². The largest absolute Gasteiger partial charge is 0.454 e. The summed E-state index contributed by atoms with van der Waals surface area (Å²) in [6, 6.07) is 12.0. The lowest BCUT2D eigenvalue weighted by Crippen LogP contribution is -1.92. The van der Waals surface area contributed by atoms with Crippen molar-refractivity contribution < 1.29 is 9.47 Å². The van der Waals surface area contributed by atoms with E-state index in [2.05, 4.69) is 29.0 Å². The highest BCUT2D eigenvalue weighted by Crippen LogP contribution is 2.35. The lowest BCUT2D eigenvalue weighted by molar-refractivity contribution is 0.174. The standard InChI is InChI=1S/C16H12N2O2/c1-10-2-4-11(5-3-10)16-17-8-12-6-14-15(20-9-19-14)7-13(12)18-16/h2-8H,9H2,1H3. The van der Waals surface area contributed by atoms with E-state index in [1.165, 1.54) is 5.56 Å². The molecule has 2 heterocycles. The Bertz CT molecular complexity index is 797. The number of hydrogen-bond donors (Lipinski definition) is 0. The van der Waals surface area contributed by atoms with Gasteiger partial charge in [0.2, 0.25) is 6.79 Å². The van der Waals surface area contributed by atoms with Crippen LogP contribution in [0.25, 0.3) is 22.3 Å². The molecule has 3 aromatic rings. The molecular formula is C16H12N2O2. The van der Waals surface area contributed by atoms with E-state index in [0.717, 1.165) is 33.8 Å². The number of aryl methyl sites for hydroxylation is 1. The molecule has 0 bridgehead atoms. The minimum Gasteiger partial charge on any atom is -0.454 e. The fraction of sp³-hybridized carbons (Fsp3) is 0.125. The lowest BCUT2D eigenvalue weighted by Gasteiger charge is -2.04. The van der Waals surface area contributed by atoms with E-state index < -0.39 is 0 Å². The summed E-state index contributed by atoms with van der Waals surface area (Å²) in [5.74, 6) is 2.21. The average Bonchev–Trinajstić information content (AvgIpc) is 2.92. The summed E-state index contributed by atoms with van der Waals surface area (Å²) in [7, 11) is 0. The SMILES string of the molecule is Cc1ccc(-c2ncc3cc4c(cc3n2)OCO4)cc1. The highest BCUT2D eigenvalue weighted by molar-refractivity contribution is 5.83. The molecule has 0 N–H and O–H groups in total. The fourth-order valence-electron chi connectivity index (χ4n) is 2.26. The summed E-state index contributed by atoms with van der Waals surface area (Å²) in [5, 5.41) is 0.949. The average molecular weight is 264 g/mol. The third kappa shape index (κ3) is 1.77. The van der Waals surface area contributed by atoms with Gasteiger partial charge in [-0.25, -0.2) is 9.97 Å². The molecule has 4 rings (SSSR count). The number of fused-ring (bicyclic) bond motifs is 2. The second-order valence-corrected chi connectivity index (χ2v) is 4.82. The summed E-state index contributed by atoms with van der Waals surface area (Å²) in [5.41, 5.74) is 3.09. The summed E-state index contributed by atoms with van der Waals surface area (Å²) in [6.07, 6.45) is 1.82. The summed E-state index contributed by atoms with van der Waals surface area (Å²) in [4.78, 5) is 9.03. The third-order valence-electron chi connectivity index (χ3n) is 3.38. The Morgan fingerprint density at radius 3 is 2.55 bits per heavy atom. The normalized spacial score (nSPS) is 12.8. The minimum absolute atomic E-state index is 0.268. The smallest absolute Gasteiger partial charge is 0.231 e. The van der Waals surface area contributed by atoms with Crippen molar-refractivity contribution in [3.05, 3.63) is 48.2 Å². The van der Waals surface area contributed by atoms with Crippen LogP contribution >= 0.6 is 0 Å². The first kappa shape index (κ1) is 11.2. The Morgan fingerprint density at radius 2 is 1.75 bits per heavy atom. The Kier molecular flexibility index (Phi) is 2.36. The van der Waals surface area contributed by atoms with Crippen LogP contribution in [0.4, 0.5) is 0 Å². The Hall–Kier alpha value is -2.62. The first-order valence-electron chi connectivity index (χ1n) is 6.43. The van der Waals surface area contributed by atoms with Gasteiger partial charge in [0.1, 0.15) is 0 Å². The molecule has 0 atom stereocenters. The van der Waals surface area contributed by atoms with Crippen molar-refractivity contribution in [2.24, 2.45) is 0 Å². The van der Waals surface area contributed by atoms with E-state index in [1.54, 1.807) is 0 Å². The van der Waals surface area contributed by atoms with Gasteiger partial charge in [-0.15, -0.1) is 0 Å². The van der Waals surface area contributed by atoms with Gasteiger partial charge in [0.25, 0.3) is 0 Å². The monoisotopic (exact) mass is 264 g/mol. The zero-order chi connectivity index (χ0) is 13.5. The molecule has 0 saturated carbocycles. The topological polar surface area (TPSA) is 44.2 Å². The Morgan fingerprint density at radius 1 is 1.00 bits per heavy atom. The van der Waals surface area contributed by atoms with Crippen molar-refractivity contribution in [3.63, 3.8) is 0 Å². The molecule has 0 unspecified atom stereocenters.